The molecule has 1 fully saturated rings. The summed E-state index contributed by atoms with van der Waals surface area (Å²) in [4.78, 5) is 12.1. The number of fused-ring (bicyclic) bond motifs is 1. The van der Waals surface area contributed by atoms with Gasteiger partial charge in [-0.2, -0.15) is 4.98 Å². The number of nitrogens with one attached hydrogen (secondary N) is 1. The predicted molar refractivity (Wildman–Crippen MR) is 109 cm³/mol. The van der Waals surface area contributed by atoms with Crippen LogP contribution in [-0.4, -0.2) is 23.1 Å². The summed E-state index contributed by atoms with van der Waals surface area (Å²) >= 11 is 0. The smallest absolute Gasteiger partial charge is 0.225 e. The first-order chi connectivity index (χ1) is 12.8. The molecule has 26 heavy (non-hydrogen) atoms. The van der Waals surface area contributed by atoms with E-state index in [0.29, 0.717) is 5.95 Å². The molecule has 1 aromatic heterocycles. The minimum absolute atomic E-state index is 0.161. The van der Waals surface area contributed by atoms with Crippen LogP contribution in [0.1, 0.15) is 44.2 Å². The highest BCUT2D eigenvalue weighted by Gasteiger charge is 2.17. The zero-order chi connectivity index (χ0) is 17.8. The second-order valence-electron chi connectivity index (χ2n) is 7.07. The molecule has 0 spiro atoms. The normalized spacial score (nSPS) is 16.3. The van der Waals surface area contributed by atoms with Gasteiger partial charge in [0.25, 0.3) is 0 Å². The maximum Gasteiger partial charge on any atom is 0.225 e. The second kappa shape index (κ2) is 7.73. The Kier molecular flexibility index (Phi) is 5.00. The van der Waals surface area contributed by atoms with Crippen molar-refractivity contribution in [2.45, 2.75) is 38.6 Å². The van der Waals surface area contributed by atoms with E-state index in [1.165, 1.54) is 31.2 Å². The fourth-order valence-corrected chi connectivity index (χ4v) is 3.67. The second-order valence-corrected chi connectivity index (χ2v) is 7.07. The van der Waals surface area contributed by atoms with Crippen molar-refractivity contribution in [2.75, 3.05) is 23.3 Å². The highest BCUT2D eigenvalue weighted by atomic mass is 15.2. The van der Waals surface area contributed by atoms with Crippen molar-refractivity contribution in [3.05, 3.63) is 60.2 Å². The van der Waals surface area contributed by atoms with Crippen molar-refractivity contribution in [3.8, 4) is 0 Å². The topological polar surface area (TPSA) is 41.1 Å². The van der Waals surface area contributed by atoms with Gasteiger partial charge in [-0.1, -0.05) is 55.3 Å². The Hall–Kier alpha value is -2.62. The van der Waals surface area contributed by atoms with Gasteiger partial charge in [-0.05, 0) is 37.5 Å². The van der Waals surface area contributed by atoms with Gasteiger partial charge in [-0.25, -0.2) is 4.98 Å². The lowest BCUT2D eigenvalue weighted by molar-refractivity contribution is 0.726. The first-order valence-electron chi connectivity index (χ1n) is 9.64. The number of anilines is 2. The molecule has 134 valence electrons. The highest BCUT2D eigenvalue weighted by molar-refractivity contribution is 5.90. The largest absolute Gasteiger partial charge is 0.356 e. The van der Waals surface area contributed by atoms with E-state index in [2.05, 4.69) is 59.6 Å². The summed E-state index contributed by atoms with van der Waals surface area (Å²) < 4.78 is 0. The van der Waals surface area contributed by atoms with E-state index >= 15 is 0 Å². The molecule has 2 aromatic carbocycles. The predicted octanol–water partition coefficient (Wildman–Crippen LogP) is 5.18. The number of hydrogen-bond donors (Lipinski definition) is 1. The van der Waals surface area contributed by atoms with Gasteiger partial charge in [0.1, 0.15) is 5.82 Å². The van der Waals surface area contributed by atoms with Crippen molar-refractivity contribution in [3.63, 3.8) is 0 Å². The molecular formula is C22H26N4. The van der Waals surface area contributed by atoms with Crippen LogP contribution >= 0.6 is 0 Å². The standard InChI is InChI=1S/C22H26N4/c1-17(18-11-5-4-6-12-18)23-22-24-20-14-8-7-13-19(20)21(25-22)26-15-9-2-3-10-16-26/h4-8,11-14,17H,2-3,9-10,15-16H2,1H3,(H,23,24,25). The summed E-state index contributed by atoms with van der Waals surface area (Å²) in [6, 6.07) is 18.9. The molecule has 1 aliphatic rings. The van der Waals surface area contributed by atoms with Crippen LogP contribution in [0.2, 0.25) is 0 Å². The van der Waals surface area contributed by atoms with Gasteiger partial charge in [-0.15, -0.1) is 0 Å². The Morgan fingerprint density at radius 2 is 1.54 bits per heavy atom. The molecule has 1 atom stereocenters. The molecule has 1 N–H and O–H groups in total. The molecule has 0 saturated carbocycles. The van der Waals surface area contributed by atoms with Crippen LogP contribution in [0, 0.1) is 0 Å². The zero-order valence-corrected chi connectivity index (χ0v) is 15.4. The molecule has 2 heterocycles. The lowest BCUT2D eigenvalue weighted by Crippen LogP contribution is -2.26. The van der Waals surface area contributed by atoms with Crippen molar-refractivity contribution < 1.29 is 0 Å². The van der Waals surface area contributed by atoms with Crippen LogP contribution in [0.15, 0.2) is 54.6 Å². The molecule has 3 aromatic rings. The van der Waals surface area contributed by atoms with Gasteiger partial charge in [0.15, 0.2) is 0 Å². The fourth-order valence-electron chi connectivity index (χ4n) is 3.67. The number of benzene rings is 2. The SMILES string of the molecule is CC(Nc1nc(N2CCCCCC2)c2ccccc2n1)c1ccccc1. The monoisotopic (exact) mass is 346 g/mol. The van der Waals surface area contributed by atoms with Crippen LogP contribution < -0.4 is 10.2 Å². The lowest BCUT2D eigenvalue weighted by Gasteiger charge is -2.24. The van der Waals surface area contributed by atoms with E-state index < -0.39 is 0 Å². The third kappa shape index (κ3) is 3.64. The van der Waals surface area contributed by atoms with Crippen LogP contribution in [0.4, 0.5) is 11.8 Å². The van der Waals surface area contributed by atoms with Gasteiger partial charge >= 0.3 is 0 Å². The number of para-hydroxylation sites is 1. The van der Waals surface area contributed by atoms with E-state index in [1.54, 1.807) is 0 Å². The first-order valence-corrected chi connectivity index (χ1v) is 9.64. The van der Waals surface area contributed by atoms with E-state index in [9.17, 15) is 0 Å². The molecule has 1 aliphatic heterocycles. The third-order valence-electron chi connectivity index (χ3n) is 5.13. The van der Waals surface area contributed by atoms with Gasteiger partial charge in [0.05, 0.1) is 11.6 Å². The summed E-state index contributed by atoms with van der Waals surface area (Å²) in [6.07, 6.45) is 5.11. The van der Waals surface area contributed by atoms with Crippen LogP contribution in [0.3, 0.4) is 0 Å². The van der Waals surface area contributed by atoms with Crippen molar-refractivity contribution >= 4 is 22.7 Å². The zero-order valence-electron chi connectivity index (χ0n) is 15.4. The summed E-state index contributed by atoms with van der Waals surface area (Å²) in [5, 5.41) is 4.64. The number of rotatable bonds is 4. The summed E-state index contributed by atoms with van der Waals surface area (Å²) in [7, 11) is 0. The molecular weight excluding hydrogens is 320 g/mol. The van der Waals surface area contributed by atoms with Crippen molar-refractivity contribution in [1.29, 1.82) is 0 Å². The summed E-state index contributed by atoms with van der Waals surface area (Å²) in [5.74, 6) is 1.78. The van der Waals surface area contributed by atoms with E-state index in [4.69, 9.17) is 9.97 Å². The Morgan fingerprint density at radius 3 is 2.31 bits per heavy atom. The van der Waals surface area contributed by atoms with E-state index in [1.807, 2.05) is 12.1 Å². The molecule has 4 nitrogen and oxygen atoms in total. The molecule has 1 saturated heterocycles. The van der Waals surface area contributed by atoms with E-state index in [0.717, 1.165) is 29.8 Å². The quantitative estimate of drug-likeness (QED) is 0.706. The van der Waals surface area contributed by atoms with Crippen molar-refractivity contribution in [2.24, 2.45) is 0 Å². The highest BCUT2D eigenvalue weighted by Crippen LogP contribution is 2.28. The maximum atomic E-state index is 4.94. The molecule has 0 radical (unpaired) electrons. The summed E-state index contributed by atoms with van der Waals surface area (Å²) in [5.41, 5.74) is 2.24. The van der Waals surface area contributed by atoms with Gasteiger partial charge in [-0.3, -0.25) is 0 Å². The van der Waals surface area contributed by atoms with Crippen molar-refractivity contribution in [1.82, 2.24) is 9.97 Å². The third-order valence-corrected chi connectivity index (χ3v) is 5.13. The number of aromatic nitrogens is 2. The summed E-state index contributed by atoms with van der Waals surface area (Å²) in [6.45, 7) is 4.31. The molecule has 4 rings (SSSR count). The first kappa shape index (κ1) is 16.8. The van der Waals surface area contributed by atoms with Gasteiger partial charge in [0.2, 0.25) is 5.95 Å². The lowest BCUT2D eigenvalue weighted by atomic mass is 10.1. The van der Waals surface area contributed by atoms with Crippen LogP contribution in [0.5, 0.6) is 0 Å². The molecule has 1 unspecified atom stereocenters. The average molecular weight is 346 g/mol. The number of hydrogen-bond acceptors (Lipinski definition) is 4. The van der Waals surface area contributed by atoms with Gasteiger partial charge in [0, 0.05) is 18.5 Å². The van der Waals surface area contributed by atoms with Gasteiger partial charge < -0.3 is 10.2 Å². The Bertz CT molecular complexity index is 854. The molecule has 4 heteroatoms. The van der Waals surface area contributed by atoms with Crippen LogP contribution in [0.25, 0.3) is 10.9 Å². The Morgan fingerprint density at radius 1 is 0.846 bits per heavy atom. The molecule has 0 amide bonds. The average Bonchev–Trinajstić information content (AvgIpc) is 2.97. The van der Waals surface area contributed by atoms with Crippen LogP contribution in [-0.2, 0) is 0 Å². The number of nitrogens with zero attached hydrogens (tertiary/aromatic N) is 3. The van der Waals surface area contributed by atoms with E-state index in [-0.39, 0.29) is 6.04 Å². The maximum absolute atomic E-state index is 4.94. The fraction of sp³-hybridized carbons (Fsp3) is 0.364. The minimum atomic E-state index is 0.161. The minimum Gasteiger partial charge on any atom is -0.356 e. The Balaban J connectivity index is 1.69. The molecule has 0 bridgehead atoms. The molecule has 0 aliphatic carbocycles. The Labute approximate surface area is 155 Å².